The fourth-order valence-electron chi connectivity index (χ4n) is 3.72. The third-order valence-electron chi connectivity index (χ3n) is 4.86. The summed E-state index contributed by atoms with van der Waals surface area (Å²) in [5.41, 5.74) is 2.31. The predicted molar refractivity (Wildman–Crippen MR) is 107 cm³/mol. The Morgan fingerprint density at radius 1 is 1.21 bits per heavy atom. The van der Waals surface area contributed by atoms with E-state index in [1.807, 2.05) is 24.1 Å². The number of hydrogen-bond acceptors (Lipinski definition) is 4. The van der Waals surface area contributed by atoms with Crippen LogP contribution in [0, 0.1) is 11.6 Å². The van der Waals surface area contributed by atoms with E-state index in [1.54, 1.807) is 24.5 Å². The monoisotopic (exact) mass is 418 g/mol. The maximum Gasteiger partial charge on any atom is 0.126 e. The minimum atomic E-state index is -0.967. The number of hydrogen-bond donors (Lipinski definition) is 1. The van der Waals surface area contributed by atoms with E-state index >= 15 is 0 Å². The molecule has 2 atom stereocenters. The Bertz CT molecular complexity index is 1020. The topological polar surface area (TPSA) is 36.4 Å². The van der Waals surface area contributed by atoms with Gasteiger partial charge in [0.25, 0.3) is 0 Å². The van der Waals surface area contributed by atoms with Gasteiger partial charge in [0.2, 0.25) is 0 Å². The van der Waals surface area contributed by atoms with Crippen LogP contribution in [0.2, 0.25) is 4.34 Å². The number of benzene rings is 1. The zero-order valence-corrected chi connectivity index (χ0v) is 16.5. The molecule has 144 valence electrons. The Morgan fingerprint density at radius 3 is 2.57 bits per heavy atom. The number of aliphatic hydroxyl groups is 1. The van der Waals surface area contributed by atoms with E-state index in [1.165, 1.54) is 23.5 Å². The van der Waals surface area contributed by atoms with E-state index in [0.29, 0.717) is 33.3 Å². The van der Waals surface area contributed by atoms with E-state index in [2.05, 4.69) is 4.98 Å². The molecule has 2 unspecified atom stereocenters. The van der Waals surface area contributed by atoms with Crippen molar-refractivity contribution in [2.24, 2.45) is 0 Å². The quantitative estimate of drug-likeness (QED) is 0.628. The van der Waals surface area contributed by atoms with Gasteiger partial charge in [0.15, 0.2) is 0 Å². The highest BCUT2D eigenvalue weighted by Gasteiger charge is 2.37. The summed E-state index contributed by atoms with van der Waals surface area (Å²) in [4.78, 5) is 7.00. The lowest BCUT2D eigenvalue weighted by molar-refractivity contribution is 0.210. The molecule has 4 rings (SSSR count). The SMILES string of the molecule is CN1CC(c2ccc(Cl)s2)C(C(O)c2cccnc2)=C1c1cc(F)cc(F)c1. The second-order valence-electron chi connectivity index (χ2n) is 6.73. The third kappa shape index (κ3) is 3.55. The van der Waals surface area contributed by atoms with E-state index in [9.17, 15) is 13.9 Å². The number of aromatic nitrogens is 1. The molecule has 0 amide bonds. The van der Waals surface area contributed by atoms with Crippen molar-refractivity contribution in [1.29, 1.82) is 0 Å². The summed E-state index contributed by atoms with van der Waals surface area (Å²) in [6.45, 7) is 0.566. The highest BCUT2D eigenvalue weighted by Crippen LogP contribution is 2.47. The van der Waals surface area contributed by atoms with Gasteiger partial charge in [0.1, 0.15) is 17.7 Å². The first-order chi connectivity index (χ1) is 13.4. The number of nitrogens with zero attached hydrogens (tertiary/aromatic N) is 2. The standard InChI is InChI=1S/C21H17ClF2N2OS/c1-26-11-16(17-4-5-18(22)28-17)19(21(27)12-3-2-6-25-10-12)20(26)13-7-14(23)9-15(24)8-13/h2-10,16,21,27H,11H2,1H3. The molecule has 3 heterocycles. The van der Waals surface area contributed by atoms with Crippen molar-refractivity contribution in [3.05, 3.63) is 92.4 Å². The maximum atomic E-state index is 13.9. The zero-order valence-electron chi connectivity index (χ0n) is 14.9. The number of rotatable bonds is 4. The van der Waals surface area contributed by atoms with Crippen LogP contribution < -0.4 is 0 Å². The Hall–Kier alpha value is -2.28. The third-order valence-corrected chi connectivity index (χ3v) is 6.20. The van der Waals surface area contributed by atoms with Crippen LogP contribution in [0.5, 0.6) is 0 Å². The van der Waals surface area contributed by atoms with Crippen molar-refractivity contribution < 1.29 is 13.9 Å². The Morgan fingerprint density at radius 2 is 1.96 bits per heavy atom. The fraction of sp³-hybridized carbons (Fsp3) is 0.190. The second kappa shape index (κ2) is 7.62. The number of thiophene rings is 1. The molecule has 1 aliphatic heterocycles. The highest BCUT2D eigenvalue weighted by molar-refractivity contribution is 7.16. The maximum absolute atomic E-state index is 13.9. The van der Waals surface area contributed by atoms with Gasteiger partial charge in [-0.1, -0.05) is 17.7 Å². The molecule has 3 aromatic rings. The van der Waals surface area contributed by atoms with Gasteiger partial charge in [0.05, 0.1) is 4.34 Å². The van der Waals surface area contributed by atoms with Gasteiger partial charge in [-0.05, 0) is 35.9 Å². The van der Waals surface area contributed by atoms with Crippen molar-refractivity contribution in [3.8, 4) is 0 Å². The lowest BCUT2D eigenvalue weighted by Gasteiger charge is -2.20. The van der Waals surface area contributed by atoms with Crippen LogP contribution >= 0.6 is 22.9 Å². The summed E-state index contributed by atoms with van der Waals surface area (Å²) in [5, 5.41) is 11.2. The van der Waals surface area contributed by atoms with Crippen molar-refractivity contribution in [2.45, 2.75) is 12.0 Å². The first-order valence-electron chi connectivity index (χ1n) is 8.69. The Balaban J connectivity index is 1.91. The highest BCUT2D eigenvalue weighted by atomic mass is 35.5. The fourth-order valence-corrected chi connectivity index (χ4v) is 4.89. The van der Waals surface area contributed by atoms with Crippen molar-refractivity contribution in [2.75, 3.05) is 13.6 Å². The van der Waals surface area contributed by atoms with Crippen LogP contribution in [0.15, 0.2) is 60.4 Å². The van der Waals surface area contributed by atoms with Crippen LogP contribution in [-0.4, -0.2) is 28.6 Å². The van der Waals surface area contributed by atoms with Crippen molar-refractivity contribution in [1.82, 2.24) is 9.88 Å². The van der Waals surface area contributed by atoms with Gasteiger partial charge in [-0.2, -0.15) is 0 Å². The molecule has 1 aliphatic rings. The molecule has 1 aromatic carbocycles. The normalized spacial score (nSPS) is 18.0. The lowest BCUT2D eigenvalue weighted by Crippen LogP contribution is -2.15. The van der Waals surface area contributed by atoms with E-state index in [4.69, 9.17) is 11.6 Å². The molecule has 2 aromatic heterocycles. The van der Waals surface area contributed by atoms with E-state index in [0.717, 1.165) is 10.9 Å². The molecule has 0 radical (unpaired) electrons. The smallest absolute Gasteiger partial charge is 0.126 e. The molecule has 0 saturated heterocycles. The minimum Gasteiger partial charge on any atom is -0.384 e. The van der Waals surface area contributed by atoms with Crippen molar-refractivity contribution >= 4 is 28.6 Å². The van der Waals surface area contributed by atoms with Crippen LogP contribution in [0.3, 0.4) is 0 Å². The largest absolute Gasteiger partial charge is 0.384 e. The van der Waals surface area contributed by atoms with Gasteiger partial charge in [-0.15, -0.1) is 11.3 Å². The van der Waals surface area contributed by atoms with Crippen LogP contribution in [0.1, 0.15) is 28.0 Å². The first-order valence-corrected chi connectivity index (χ1v) is 9.88. The number of halogens is 3. The van der Waals surface area contributed by atoms with Crippen LogP contribution in [0.4, 0.5) is 8.78 Å². The first kappa shape index (κ1) is 19.1. The summed E-state index contributed by atoms with van der Waals surface area (Å²) in [6, 6.07) is 10.7. The number of pyridine rings is 1. The molecule has 7 heteroatoms. The van der Waals surface area contributed by atoms with Crippen LogP contribution in [-0.2, 0) is 0 Å². The molecule has 0 spiro atoms. The van der Waals surface area contributed by atoms with Gasteiger partial charge in [0, 0.05) is 59.7 Å². The van der Waals surface area contributed by atoms with E-state index < -0.39 is 17.7 Å². The molecule has 0 bridgehead atoms. The lowest BCUT2D eigenvalue weighted by atomic mass is 9.89. The summed E-state index contributed by atoms with van der Waals surface area (Å²) >= 11 is 7.57. The summed E-state index contributed by atoms with van der Waals surface area (Å²) < 4.78 is 28.5. The Labute approximate surface area is 170 Å². The zero-order chi connectivity index (χ0) is 19.8. The van der Waals surface area contributed by atoms with Crippen molar-refractivity contribution in [3.63, 3.8) is 0 Å². The molecular weight excluding hydrogens is 402 g/mol. The van der Waals surface area contributed by atoms with Gasteiger partial charge in [-0.25, -0.2) is 8.78 Å². The average Bonchev–Trinajstić information content (AvgIpc) is 3.24. The summed E-state index contributed by atoms with van der Waals surface area (Å²) in [6.07, 6.45) is 2.26. The molecule has 0 aliphatic carbocycles. The van der Waals surface area contributed by atoms with Gasteiger partial charge >= 0.3 is 0 Å². The Kier molecular flexibility index (Phi) is 5.19. The summed E-state index contributed by atoms with van der Waals surface area (Å²) in [7, 11) is 1.85. The van der Waals surface area contributed by atoms with Gasteiger partial charge in [-0.3, -0.25) is 4.98 Å². The molecule has 3 nitrogen and oxygen atoms in total. The number of likely N-dealkylation sites (N-methyl/N-ethyl adjacent to an activating group) is 1. The summed E-state index contributed by atoms with van der Waals surface area (Å²) in [5.74, 6) is -1.47. The predicted octanol–water partition coefficient (Wildman–Crippen LogP) is 5.25. The van der Waals surface area contributed by atoms with Crippen LogP contribution in [0.25, 0.3) is 5.70 Å². The molecule has 0 fully saturated rings. The molecule has 1 N–H and O–H groups in total. The number of aliphatic hydroxyl groups excluding tert-OH is 1. The second-order valence-corrected chi connectivity index (χ2v) is 8.47. The van der Waals surface area contributed by atoms with E-state index in [-0.39, 0.29) is 5.92 Å². The molecular formula is C21H17ClF2N2OS. The minimum absolute atomic E-state index is 0.154. The van der Waals surface area contributed by atoms with Gasteiger partial charge < -0.3 is 10.0 Å². The average molecular weight is 419 g/mol. The molecule has 28 heavy (non-hydrogen) atoms. The molecule has 0 saturated carbocycles.